The van der Waals surface area contributed by atoms with Gasteiger partial charge in [0.25, 0.3) is 0 Å². The van der Waals surface area contributed by atoms with Crippen molar-refractivity contribution in [1.29, 1.82) is 0 Å². The number of nitrogen functional groups attached to an aromatic ring is 1. The minimum absolute atomic E-state index is 0.492. The highest BCUT2D eigenvalue weighted by Crippen LogP contribution is 2.31. The molecule has 0 atom stereocenters. The second-order valence-corrected chi connectivity index (χ2v) is 6.48. The van der Waals surface area contributed by atoms with Gasteiger partial charge >= 0.3 is 0 Å². The standard InChI is InChI=1S/C11H15N5S2/c1-7-2-4-16(5-3-7)11-13-8(6-17-11)9-14-15-10(12)18-9/h6-7H,2-5H2,1H3,(H2,12,15). The van der Waals surface area contributed by atoms with E-state index >= 15 is 0 Å². The molecule has 2 N–H and O–H groups in total. The predicted molar refractivity (Wildman–Crippen MR) is 76.0 cm³/mol. The summed E-state index contributed by atoms with van der Waals surface area (Å²) in [5, 5.41) is 12.3. The normalized spacial score (nSPS) is 17.3. The topological polar surface area (TPSA) is 67.9 Å². The molecule has 1 saturated heterocycles. The van der Waals surface area contributed by atoms with E-state index in [2.05, 4.69) is 27.0 Å². The summed E-state index contributed by atoms with van der Waals surface area (Å²) in [6.07, 6.45) is 2.50. The highest BCUT2D eigenvalue weighted by atomic mass is 32.1. The van der Waals surface area contributed by atoms with E-state index in [1.807, 2.05) is 5.38 Å². The zero-order valence-electron chi connectivity index (χ0n) is 10.2. The Balaban J connectivity index is 1.77. The van der Waals surface area contributed by atoms with E-state index < -0.39 is 0 Å². The molecular weight excluding hydrogens is 266 g/mol. The van der Waals surface area contributed by atoms with Crippen molar-refractivity contribution in [1.82, 2.24) is 15.2 Å². The molecule has 0 bridgehead atoms. The van der Waals surface area contributed by atoms with Crippen molar-refractivity contribution in [3.05, 3.63) is 5.38 Å². The van der Waals surface area contributed by atoms with Crippen LogP contribution in [0.15, 0.2) is 5.38 Å². The van der Waals surface area contributed by atoms with E-state index in [0.717, 1.165) is 34.8 Å². The second-order valence-electron chi connectivity index (χ2n) is 4.63. The van der Waals surface area contributed by atoms with Crippen LogP contribution in [0, 0.1) is 5.92 Å². The number of hydrogen-bond acceptors (Lipinski definition) is 7. The van der Waals surface area contributed by atoms with E-state index in [4.69, 9.17) is 5.73 Å². The summed E-state index contributed by atoms with van der Waals surface area (Å²) in [5.41, 5.74) is 6.48. The largest absolute Gasteiger partial charge is 0.374 e. The number of nitrogens with two attached hydrogens (primary N) is 1. The first-order valence-corrected chi connectivity index (χ1v) is 7.72. The van der Waals surface area contributed by atoms with Crippen molar-refractivity contribution in [3.8, 4) is 10.7 Å². The number of rotatable bonds is 2. The summed E-state index contributed by atoms with van der Waals surface area (Å²) in [7, 11) is 0. The van der Waals surface area contributed by atoms with Crippen LogP contribution in [0.1, 0.15) is 19.8 Å². The lowest BCUT2D eigenvalue weighted by Gasteiger charge is -2.29. The Kier molecular flexibility index (Phi) is 3.17. The summed E-state index contributed by atoms with van der Waals surface area (Å²) in [4.78, 5) is 7.00. The van der Waals surface area contributed by atoms with Crippen molar-refractivity contribution in [2.45, 2.75) is 19.8 Å². The molecule has 0 aliphatic carbocycles. The van der Waals surface area contributed by atoms with Crippen LogP contribution in [0.4, 0.5) is 10.3 Å². The molecule has 1 aliphatic rings. The lowest BCUT2D eigenvalue weighted by Crippen LogP contribution is -2.32. The summed E-state index contributed by atoms with van der Waals surface area (Å²) >= 11 is 3.06. The molecule has 3 rings (SSSR count). The van der Waals surface area contributed by atoms with Gasteiger partial charge in [-0.05, 0) is 18.8 Å². The van der Waals surface area contributed by atoms with Gasteiger partial charge in [-0.15, -0.1) is 21.5 Å². The third kappa shape index (κ3) is 2.32. The van der Waals surface area contributed by atoms with Crippen LogP contribution in [0.2, 0.25) is 0 Å². The lowest BCUT2D eigenvalue weighted by atomic mass is 10.00. The van der Waals surface area contributed by atoms with Crippen molar-refractivity contribution < 1.29 is 0 Å². The number of aromatic nitrogens is 3. The fourth-order valence-electron chi connectivity index (χ4n) is 2.05. The molecule has 0 amide bonds. The number of anilines is 2. The van der Waals surface area contributed by atoms with Gasteiger partial charge in [0.05, 0.1) is 0 Å². The molecule has 1 fully saturated rings. The first kappa shape index (κ1) is 11.9. The maximum Gasteiger partial charge on any atom is 0.203 e. The summed E-state index contributed by atoms with van der Waals surface area (Å²) in [6, 6.07) is 0. The van der Waals surface area contributed by atoms with E-state index in [1.165, 1.54) is 24.2 Å². The van der Waals surface area contributed by atoms with Crippen molar-refractivity contribution in [2.75, 3.05) is 23.7 Å². The second kappa shape index (κ2) is 4.81. The van der Waals surface area contributed by atoms with Crippen LogP contribution in [0.3, 0.4) is 0 Å². The van der Waals surface area contributed by atoms with Crippen molar-refractivity contribution >= 4 is 32.9 Å². The van der Waals surface area contributed by atoms with Gasteiger partial charge < -0.3 is 10.6 Å². The molecule has 1 aliphatic heterocycles. The zero-order valence-corrected chi connectivity index (χ0v) is 11.8. The number of hydrogen-bond donors (Lipinski definition) is 1. The quantitative estimate of drug-likeness (QED) is 0.916. The predicted octanol–water partition coefficient (Wildman–Crippen LogP) is 2.48. The van der Waals surface area contributed by atoms with Gasteiger partial charge in [0.2, 0.25) is 5.13 Å². The lowest BCUT2D eigenvalue weighted by molar-refractivity contribution is 0.438. The van der Waals surface area contributed by atoms with E-state index in [0.29, 0.717) is 5.13 Å². The van der Waals surface area contributed by atoms with Gasteiger partial charge in [-0.2, -0.15) is 0 Å². The third-order valence-electron chi connectivity index (χ3n) is 3.21. The number of piperidine rings is 1. The fraction of sp³-hybridized carbons (Fsp3) is 0.545. The molecular formula is C11H15N5S2. The van der Waals surface area contributed by atoms with Crippen LogP contribution in [-0.2, 0) is 0 Å². The highest BCUT2D eigenvalue weighted by molar-refractivity contribution is 7.19. The minimum atomic E-state index is 0.492. The third-order valence-corrected chi connectivity index (χ3v) is 4.88. The average molecular weight is 281 g/mol. The summed E-state index contributed by atoms with van der Waals surface area (Å²) in [5.74, 6) is 0.837. The molecule has 7 heteroatoms. The van der Waals surface area contributed by atoms with Crippen LogP contribution < -0.4 is 10.6 Å². The fourth-order valence-corrected chi connectivity index (χ4v) is 3.55. The minimum Gasteiger partial charge on any atom is -0.374 e. The first-order valence-electron chi connectivity index (χ1n) is 6.02. The van der Waals surface area contributed by atoms with Gasteiger partial charge in [0.1, 0.15) is 5.69 Å². The highest BCUT2D eigenvalue weighted by Gasteiger charge is 2.19. The number of nitrogens with zero attached hydrogens (tertiary/aromatic N) is 4. The molecule has 0 saturated carbocycles. The molecule has 0 spiro atoms. The Hall–Kier alpha value is -1.21. The molecule has 0 aromatic carbocycles. The number of thiazole rings is 1. The molecule has 0 radical (unpaired) electrons. The van der Waals surface area contributed by atoms with E-state index in [-0.39, 0.29) is 0 Å². The molecule has 2 aromatic heterocycles. The Labute approximate surface area is 114 Å². The van der Waals surface area contributed by atoms with Gasteiger partial charge in [-0.1, -0.05) is 18.3 Å². The van der Waals surface area contributed by atoms with Crippen LogP contribution in [0.25, 0.3) is 10.7 Å². The van der Waals surface area contributed by atoms with Crippen LogP contribution in [0.5, 0.6) is 0 Å². The van der Waals surface area contributed by atoms with Crippen molar-refractivity contribution in [2.24, 2.45) is 5.92 Å². The van der Waals surface area contributed by atoms with Crippen LogP contribution >= 0.6 is 22.7 Å². The van der Waals surface area contributed by atoms with Gasteiger partial charge in [-0.25, -0.2) is 4.98 Å². The Bertz CT molecular complexity index is 527. The summed E-state index contributed by atoms with van der Waals surface area (Å²) < 4.78 is 0. The monoisotopic (exact) mass is 281 g/mol. The van der Waals surface area contributed by atoms with Gasteiger partial charge in [0.15, 0.2) is 10.1 Å². The Morgan fingerprint density at radius 2 is 2.11 bits per heavy atom. The average Bonchev–Trinajstić information content (AvgIpc) is 2.98. The SMILES string of the molecule is CC1CCN(c2nc(-c3nnc(N)s3)cs2)CC1. The van der Waals surface area contributed by atoms with Crippen molar-refractivity contribution in [3.63, 3.8) is 0 Å². The van der Waals surface area contributed by atoms with Gasteiger partial charge in [-0.3, -0.25) is 0 Å². The Morgan fingerprint density at radius 3 is 2.78 bits per heavy atom. The van der Waals surface area contributed by atoms with E-state index in [1.54, 1.807) is 11.3 Å². The smallest absolute Gasteiger partial charge is 0.203 e. The first-order chi connectivity index (χ1) is 8.72. The maximum absolute atomic E-state index is 5.59. The van der Waals surface area contributed by atoms with E-state index in [9.17, 15) is 0 Å². The molecule has 5 nitrogen and oxygen atoms in total. The summed E-state index contributed by atoms with van der Waals surface area (Å²) in [6.45, 7) is 4.52. The molecule has 18 heavy (non-hydrogen) atoms. The molecule has 2 aromatic rings. The maximum atomic E-state index is 5.59. The van der Waals surface area contributed by atoms with Crippen LogP contribution in [-0.4, -0.2) is 28.3 Å². The zero-order chi connectivity index (χ0) is 12.5. The molecule has 96 valence electrons. The Morgan fingerprint density at radius 1 is 1.33 bits per heavy atom. The molecule has 3 heterocycles. The van der Waals surface area contributed by atoms with Gasteiger partial charge in [0, 0.05) is 18.5 Å². The molecule has 0 unspecified atom stereocenters.